The highest BCUT2D eigenvalue weighted by atomic mass is 35.5. The maximum absolute atomic E-state index is 10.9. The van der Waals surface area contributed by atoms with E-state index in [0.29, 0.717) is 5.02 Å². The number of hydrogen-bond donors (Lipinski definition) is 1. The van der Waals surface area contributed by atoms with Crippen LogP contribution in [0.4, 0.5) is 0 Å². The molecule has 1 N–H and O–H groups in total. The zero-order valence-electron chi connectivity index (χ0n) is 9.67. The van der Waals surface area contributed by atoms with E-state index in [0.717, 1.165) is 21.4 Å². The first kappa shape index (κ1) is 13.5. The summed E-state index contributed by atoms with van der Waals surface area (Å²) >= 11 is 7.29. The summed E-state index contributed by atoms with van der Waals surface area (Å²) < 4.78 is 0. The molecule has 5 heteroatoms. The normalized spacial score (nSPS) is 10.8. The topological polar surface area (TPSA) is 54.4 Å². The maximum Gasteiger partial charge on any atom is 0.376 e. The monoisotopic (exact) mass is 292 g/mol. The van der Waals surface area contributed by atoms with Crippen LogP contribution in [0.25, 0.3) is 16.5 Å². The van der Waals surface area contributed by atoms with Gasteiger partial charge in [0.15, 0.2) is 0 Å². The number of ketones is 1. The van der Waals surface area contributed by atoms with E-state index in [1.54, 1.807) is 12.1 Å². The predicted molar refractivity (Wildman–Crippen MR) is 76.4 cm³/mol. The minimum absolute atomic E-state index is 0.674. The van der Waals surface area contributed by atoms with Crippen LogP contribution in [0.15, 0.2) is 42.5 Å². The van der Waals surface area contributed by atoms with Crippen molar-refractivity contribution in [2.45, 2.75) is 0 Å². The van der Waals surface area contributed by atoms with Gasteiger partial charge in [-0.25, -0.2) is 4.79 Å². The van der Waals surface area contributed by atoms with E-state index in [-0.39, 0.29) is 0 Å². The van der Waals surface area contributed by atoms with E-state index in [2.05, 4.69) is 0 Å². The second-order valence-corrected chi connectivity index (χ2v) is 5.26. The van der Waals surface area contributed by atoms with Crippen LogP contribution in [0, 0.1) is 0 Å². The van der Waals surface area contributed by atoms with Gasteiger partial charge < -0.3 is 5.11 Å². The van der Waals surface area contributed by atoms with E-state index >= 15 is 0 Å². The number of aliphatic carboxylic acids is 1. The molecular weight excluding hydrogens is 284 g/mol. The molecule has 0 amide bonds. The number of thiophene rings is 1. The summed E-state index contributed by atoms with van der Waals surface area (Å²) in [6, 6.07) is 11.2. The standard InChI is InChI=1S/C14H9ClO3S/c15-10-3-1-9(2-4-10)13-8-6-11(19-13)5-7-12(16)14(17)18/h1-8H,(H,17,18)/b7-5+. The number of halogens is 1. The molecule has 3 nitrogen and oxygen atoms in total. The summed E-state index contributed by atoms with van der Waals surface area (Å²) in [5, 5.41) is 9.13. The minimum Gasteiger partial charge on any atom is -0.475 e. The number of carbonyl (C=O) groups excluding carboxylic acids is 1. The van der Waals surface area contributed by atoms with Crippen molar-refractivity contribution in [2.24, 2.45) is 0 Å². The highest BCUT2D eigenvalue weighted by Gasteiger charge is 2.06. The molecule has 1 aromatic carbocycles. The van der Waals surface area contributed by atoms with Crippen molar-refractivity contribution in [1.82, 2.24) is 0 Å². The van der Waals surface area contributed by atoms with E-state index in [1.807, 2.05) is 24.3 Å². The third-order valence-corrected chi connectivity index (χ3v) is 3.72. The van der Waals surface area contributed by atoms with Gasteiger partial charge in [-0.15, -0.1) is 11.3 Å². The van der Waals surface area contributed by atoms with Crippen molar-refractivity contribution < 1.29 is 14.7 Å². The van der Waals surface area contributed by atoms with Gasteiger partial charge in [0.25, 0.3) is 5.78 Å². The molecule has 0 radical (unpaired) electrons. The summed E-state index contributed by atoms with van der Waals surface area (Å²) in [6.07, 6.45) is 2.56. The van der Waals surface area contributed by atoms with E-state index < -0.39 is 11.8 Å². The van der Waals surface area contributed by atoms with Crippen LogP contribution in [0.1, 0.15) is 4.88 Å². The lowest BCUT2D eigenvalue weighted by Gasteiger charge is -1.96. The Morgan fingerprint density at radius 1 is 1.11 bits per heavy atom. The minimum atomic E-state index is -1.45. The number of benzene rings is 1. The van der Waals surface area contributed by atoms with Crippen molar-refractivity contribution in [3.63, 3.8) is 0 Å². The molecule has 1 heterocycles. The zero-order valence-corrected chi connectivity index (χ0v) is 11.2. The number of hydrogen-bond acceptors (Lipinski definition) is 3. The summed E-state index contributed by atoms with van der Waals surface area (Å²) in [5.41, 5.74) is 1.03. The van der Waals surface area contributed by atoms with Crippen LogP contribution in [0.5, 0.6) is 0 Å². The quantitative estimate of drug-likeness (QED) is 0.690. The van der Waals surface area contributed by atoms with Crippen LogP contribution >= 0.6 is 22.9 Å². The van der Waals surface area contributed by atoms with Crippen molar-refractivity contribution in [1.29, 1.82) is 0 Å². The van der Waals surface area contributed by atoms with Gasteiger partial charge in [0.1, 0.15) is 0 Å². The van der Waals surface area contributed by atoms with Gasteiger partial charge in [-0.05, 0) is 42.0 Å². The van der Waals surface area contributed by atoms with Crippen molar-refractivity contribution in [2.75, 3.05) is 0 Å². The molecule has 0 aliphatic rings. The van der Waals surface area contributed by atoms with Crippen LogP contribution in [0.3, 0.4) is 0 Å². The SMILES string of the molecule is O=C(O)C(=O)/C=C/c1ccc(-c2ccc(Cl)cc2)s1. The van der Waals surface area contributed by atoms with Gasteiger partial charge in [0.05, 0.1) is 0 Å². The molecule has 0 spiro atoms. The van der Waals surface area contributed by atoms with E-state index in [9.17, 15) is 9.59 Å². The van der Waals surface area contributed by atoms with Gasteiger partial charge in [0, 0.05) is 14.8 Å². The Kier molecular flexibility index (Phi) is 4.14. The number of carbonyl (C=O) groups is 2. The summed E-state index contributed by atoms with van der Waals surface area (Å²) in [5.74, 6) is -2.38. The summed E-state index contributed by atoms with van der Waals surface area (Å²) in [6.45, 7) is 0. The number of carboxylic acid groups (broad SMARTS) is 1. The lowest BCUT2D eigenvalue weighted by Crippen LogP contribution is -2.08. The predicted octanol–water partition coefficient (Wildman–Crippen LogP) is 3.74. The molecular formula is C14H9ClO3S. The van der Waals surface area contributed by atoms with Crippen LogP contribution in [0.2, 0.25) is 5.02 Å². The first-order valence-electron chi connectivity index (χ1n) is 5.37. The van der Waals surface area contributed by atoms with Crippen LogP contribution in [-0.2, 0) is 9.59 Å². The third-order valence-electron chi connectivity index (χ3n) is 2.37. The molecule has 2 aromatic rings. The third kappa shape index (κ3) is 3.53. The lowest BCUT2D eigenvalue weighted by atomic mass is 10.2. The molecule has 2 rings (SSSR count). The fourth-order valence-electron chi connectivity index (χ4n) is 1.44. The second-order valence-electron chi connectivity index (χ2n) is 3.71. The maximum atomic E-state index is 10.9. The molecule has 0 unspecified atom stereocenters. The van der Waals surface area contributed by atoms with Crippen molar-refractivity contribution in [3.05, 3.63) is 52.4 Å². The number of rotatable bonds is 4. The van der Waals surface area contributed by atoms with E-state index in [1.165, 1.54) is 17.4 Å². The lowest BCUT2D eigenvalue weighted by molar-refractivity contribution is -0.146. The molecule has 0 saturated carbocycles. The van der Waals surface area contributed by atoms with Gasteiger partial charge in [-0.2, -0.15) is 0 Å². The first-order valence-corrected chi connectivity index (χ1v) is 6.57. The van der Waals surface area contributed by atoms with Gasteiger partial charge in [-0.1, -0.05) is 23.7 Å². The Balaban J connectivity index is 2.17. The summed E-state index contributed by atoms with van der Waals surface area (Å²) in [4.78, 5) is 23.1. The average Bonchev–Trinajstić information content (AvgIpc) is 2.85. The van der Waals surface area contributed by atoms with Crippen LogP contribution < -0.4 is 0 Å². The Morgan fingerprint density at radius 2 is 1.79 bits per heavy atom. The van der Waals surface area contributed by atoms with Crippen LogP contribution in [-0.4, -0.2) is 16.9 Å². The highest BCUT2D eigenvalue weighted by Crippen LogP contribution is 2.29. The Bertz CT molecular complexity index is 641. The van der Waals surface area contributed by atoms with Gasteiger partial charge >= 0.3 is 5.97 Å². The Labute approximate surface area is 118 Å². The Morgan fingerprint density at radius 3 is 2.42 bits per heavy atom. The molecule has 0 saturated heterocycles. The second kappa shape index (κ2) is 5.82. The molecule has 0 bridgehead atoms. The van der Waals surface area contributed by atoms with Crippen molar-refractivity contribution >= 4 is 40.8 Å². The largest absolute Gasteiger partial charge is 0.475 e. The number of carboxylic acids is 1. The zero-order chi connectivity index (χ0) is 13.8. The molecule has 96 valence electrons. The molecule has 1 aromatic heterocycles. The molecule has 0 aliphatic heterocycles. The fourth-order valence-corrected chi connectivity index (χ4v) is 2.48. The first-order chi connectivity index (χ1) is 9.06. The molecule has 0 fully saturated rings. The smallest absolute Gasteiger partial charge is 0.376 e. The summed E-state index contributed by atoms with van der Waals surface area (Å²) in [7, 11) is 0. The van der Waals surface area contributed by atoms with Gasteiger partial charge in [-0.3, -0.25) is 4.79 Å². The van der Waals surface area contributed by atoms with Crippen molar-refractivity contribution in [3.8, 4) is 10.4 Å². The molecule has 0 atom stereocenters. The fraction of sp³-hybridized carbons (Fsp3) is 0. The molecule has 19 heavy (non-hydrogen) atoms. The average molecular weight is 293 g/mol. The highest BCUT2D eigenvalue weighted by molar-refractivity contribution is 7.16. The van der Waals surface area contributed by atoms with Gasteiger partial charge in [0.2, 0.25) is 0 Å². The Hall–Kier alpha value is -1.91. The molecule has 0 aliphatic carbocycles. The van der Waals surface area contributed by atoms with E-state index in [4.69, 9.17) is 16.7 Å².